The molecule has 0 atom stereocenters. The first kappa shape index (κ1) is 13.8. The molecule has 86 valence electrons. The highest BCUT2D eigenvalue weighted by Crippen LogP contribution is 2.07. The number of isocyanates is 1. The average molecular weight is 214 g/mol. The van der Waals surface area contributed by atoms with Crippen molar-refractivity contribution in [3.63, 3.8) is 0 Å². The Bertz CT molecular complexity index is 225. The fraction of sp³-hybridized carbons (Fsp3) is 0.800. The molecule has 0 spiro atoms. The summed E-state index contributed by atoms with van der Waals surface area (Å²) in [5.74, 6) is -0.561. The summed E-state index contributed by atoms with van der Waals surface area (Å²) < 4.78 is 0. The van der Waals surface area contributed by atoms with Crippen molar-refractivity contribution < 1.29 is 14.8 Å². The Hall–Kier alpha value is -1.19. The topological polar surface area (TPSA) is 70.0 Å². The summed E-state index contributed by atoms with van der Waals surface area (Å²) in [4.78, 5) is 20.7. The summed E-state index contributed by atoms with van der Waals surface area (Å²) in [5.41, 5.74) is 0. The number of hydroxylamine groups is 1. The molecule has 0 fully saturated rings. The lowest BCUT2D eigenvalue weighted by Gasteiger charge is -2.05. The highest BCUT2D eigenvalue weighted by Gasteiger charge is 2.08. The van der Waals surface area contributed by atoms with E-state index in [9.17, 15) is 9.59 Å². The van der Waals surface area contributed by atoms with Crippen LogP contribution in [0, 0.1) is 0 Å². The third-order valence-electron chi connectivity index (χ3n) is 2.10. The summed E-state index contributed by atoms with van der Waals surface area (Å²) in [6.07, 6.45) is 7.68. The number of amides is 1. The molecule has 0 aliphatic heterocycles. The van der Waals surface area contributed by atoms with Gasteiger partial charge in [0.25, 0.3) is 12.0 Å². The minimum absolute atomic E-state index is 0.0546. The summed E-state index contributed by atoms with van der Waals surface area (Å²) in [5, 5.41) is 11.7. The molecule has 0 radical (unpaired) electrons. The Morgan fingerprint density at radius 2 is 1.87 bits per heavy atom. The summed E-state index contributed by atoms with van der Waals surface area (Å²) >= 11 is 0. The molecular formula is C10H18N2O3. The molecule has 0 unspecified atom stereocenters. The van der Waals surface area contributed by atoms with Crippen LogP contribution in [0.25, 0.3) is 0 Å². The minimum Gasteiger partial charge on any atom is -0.270 e. The standard InChI is InChI=1S/C10H18N2O3/c1-2-3-4-5-6-7-8-10(14)12(15)11-9-13/h15H,2-8H2,1H3. The molecule has 0 aromatic heterocycles. The van der Waals surface area contributed by atoms with Gasteiger partial charge in [-0.15, -0.1) is 0 Å². The van der Waals surface area contributed by atoms with Crippen LogP contribution in [0.4, 0.5) is 0 Å². The van der Waals surface area contributed by atoms with Gasteiger partial charge >= 0.3 is 0 Å². The first-order chi connectivity index (χ1) is 7.22. The molecule has 5 nitrogen and oxygen atoms in total. The van der Waals surface area contributed by atoms with E-state index in [4.69, 9.17) is 5.21 Å². The Balaban J connectivity index is 3.42. The molecule has 0 heterocycles. The molecule has 15 heavy (non-hydrogen) atoms. The van der Waals surface area contributed by atoms with Gasteiger partial charge in [-0.3, -0.25) is 10.0 Å². The van der Waals surface area contributed by atoms with Crippen molar-refractivity contribution in [3.05, 3.63) is 0 Å². The van der Waals surface area contributed by atoms with E-state index < -0.39 is 5.91 Å². The minimum atomic E-state index is -0.561. The van der Waals surface area contributed by atoms with Gasteiger partial charge in [0.15, 0.2) is 0 Å². The summed E-state index contributed by atoms with van der Waals surface area (Å²) in [6.45, 7) is 2.14. The first-order valence-electron chi connectivity index (χ1n) is 5.32. The van der Waals surface area contributed by atoms with E-state index in [0.717, 1.165) is 18.9 Å². The van der Waals surface area contributed by atoms with Gasteiger partial charge in [0.2, 0.25) is 0 Å². The van der Waals surface area contributed by atoms with E-state index in [1.165, 1.54) is 19.3 Å². The lowest BCUT2D eigenvalue weighted by molar-refractivity contribution is -0.165. The van der Waals surface area contributed by atoms with Gasteiger partial charge in [0.1, 0.15) is 0 Å². The molecule has 0 saturated heterocycles. The van der Waals surface area contributed by atoms with Crippen molar-refractivity contribution in [1.29, 1.82) is 0 Å². The fourth-order valence-electron chi connectivity index (χ4n) is 1.25. The Labute approximate surface area is 89.7 Å². The zero-order chi connectivity index (χ0) is 11.5. The molecule has 0 aliphatic carbocycles. The van der Waals surface area contributed by atoms with Crippen LogP contribution >= 0.6 is 0 Å². The van der Waals surface area contributed by atoms with Gasteiger partial charge in [0.05, 0.1) is 0 Å². The largest absolute Gasteiger partial charge is 0.270 e. The molecule has 0 saturated carbocycles. The Morgan fingerprint density at radius 3 is 2.47 bits per heavy atom. The zero-order valence-electron chi connectivity index (χ0n) is 9.11. The van der Waals surface area contributed by atoms with Gasteiger partial charge in [0, 0.05) is 6.42 Å². The first-order valence-corrected chi connectivity index (χ1v) is 5.32. The second-order valence-corrected chi connectivity index (χ2v) is 3.39. The van der Waals surface area contributed by atoms with E-state index >= 15 is 0 Å². The van der Waals surface area contributed by atoms with Gasteiger partial charge in [-0.25, -0.2) is 4.79 Å². The van der Waals surface area contributed by atoms with E-state index in [-0.39, 0.29) is 11.6 Å². The van der Waals surface area contributed by atoms with E-state index in [0.29, 0.717) is 6.42 Å². The molecule has 1 amide bonds. The highest BCUT2D eigenvalue weighted by molar-refractivity contribution is 5.74. The zero-order valence-corrected chi connectivity index (χ0v) is 9.11. The summed E-state index contributed by atoms with van der Waals surface area (Å²) in [7, 11) is 0. The molecular weight excluding hydrogens is 196 g/mol. The summed E-state index contributed by atoms with van der Waals surface area (Å²) in [6, 6.07) is 0. The third-order valence-corrected chi connectivity index (χ3v) is 2.10. The van der Waals surface area contributed by atoms with Crippen molar-refractivity contribution in [3.8, 4) is 0 Å². The second kappa shape index (κ2) is 9.37. The molecule has 1 N–H and O–H groups in total. The predicted octanol–water partition coefficient (Wildman–Crippen LogP) is 2.21. The van der Waals surface area contributed by atoms with Gasteiger partial charge < -0.3 is 0 Å². The number of carbonyl (C=O) groups is 1. The van der Waals surface area contributed by atoms with Crippen LogP contribution in [0.5, 0.6) is 0 Å². The maximum Gasteiger partial charge on any atom is 0.269 e. The van der Waals surface area contributed by atoms with Crippen molar-refractivity contribution in [2.75, 3.05) is 0 Å². The van der Waals surface area contributed by atoms with Crippen LogP contribution in [-0.2, 0) is 9.59 Å². The Kier molecular flexibility index (Phi) is 8.63. The van der Waals surface area contributed by atoms with Crippen molar-refractivity contribution >= 4 is 12.0 Å². The number of hydrogen-bond acceptors (Lipinski definition) is 4. The lowest BCUT2D eigenvalue weighted by atomic mass is 10.1. The van der Waals surface area contributed by atoms with Crippen LogP contribution < -0.4 is 0 Å². The third kappa shape index (κ3) is 7.85. The number of nitrogens with zero attached hydrogens (tertiary/aromatic N) is 2. The SMILES string of the molecule is CCCCCCCCC(=O)N(O)N=C=O. The van der Waals surface area contributed by atoms with E-state index in [1.807, 2.05) is 0 Å². The van der Waals surface area contributed by atoms with Gasteiger partial charge in [-0.1, -0.05) is 49.3 Å². The fourth-order valence-corrected chi connectivity index (χ4v) is 1.25. The Morgan fingerprint density at radius 1 is 1.27 bits per heavy atom. The maximum atomic E-state index is 11.0. The van der Waals surface area contributed by atoms with Crippen LogP contribution in [0.1, 0.15) is 51.9 Å². The highest BCUT2D eigenvalue weighted by atomic mass is 16.5. The molecule has 0 bridgehead atoms. The predicted molar refractivity (Wildman–Crippen MR) is 54.7 cm³/mol. The van der Waals surface area contributed by atoms with Crippen LogP contribution in [-0.4, -0.2) is 22.4 Å². The number of unbranched alkanes of at least 4 members (excludes halogenated alkanes) is 5. The smallest absolute Gasteiger partial charge is 0.269 e. The van der Waals surface area contributed by atoms with E-state index in [2.05, 4.69) is 12.0 Å². The van der Waals surface area contributed by atoms with Crippen molar-refractivity contribution in [2.24, 2.45) is 5.10 Å². The molecule has 0 aromatic rings. The number of rotatable bonds is 8. The average Bonchev–Trinajstić information content (AvgIpc) is 2.23. The normalized spacial score (nSPS) is 9.47. The van der Waals surface area contributed by atoms with Gasteiger partial charge in [-0.2, -0.15) is 0 Å². The lowest BCUT2D eigenvalue weighted by Crippen LogP contribution is -2.20. The number of carbonyl (C=O) groups excluding carboxylic acids is 2. The number of hydrogen-bond donors (Lipinski definition) is 1. The molecule has 5 heteroatoms. The molecule has 0 aliphatic rings. The molecule has 0 aromatic carbocycles. The molecule has 0 rings (SSSR count). The van der Waals surface area contributed by atoms with Crippen LogP contribution in [0.2, 0.25) is 0 Å². The maximum absolute atomic E-state index is 11.0. The van der Waals surface area contributed by atoms with Gasteiger partial charge in [-0.05, 0) is 6.42 Å². The van der Waals surface area contributed by atoms with Crippen LogP contribution in [0.15, 0.2) is 5.10 Å². The van der Waals surface area contributed by atoms with Crippen LogP contribution in [0.3, 0.4) is 0 Å². The van der Waals surface area contributed by atoms with Crippen molar-refractivity contribution in [2.45, 2.75) is 51.9 Å². The monoisotopic (exact) mass is 214 g/mol. The quantitative estimate of drug-likeness (QED) is 0.221. The number of hydrazone groups is 1. The second-order valence-electron chi connectivity index (χ2n) is 3.39. The van der Waals surface area contributed by atoms with Crippen molar-refractivity contribution in [1.82, 2.24) is 5.17 Å². The van der Waals surface area contributed by atoms with E-state index in [1.54, 1.807) is 0 Å².